The summed E-state index contributed by atoms with van der Waals surface area (Å²) in [6, 6.07) is 16.3. The molecule has 0 atom stereocenters. The molecule has 0 saturated heterocycles. The van der Waals surface area contributed by atoms with Crippen LogP contribution >= 0.6 is 0 Å². The highest BCUT2D eigenvalue weighted by Gasteiger charge is 2.06. The van der Waals surface area contributed by atoms with E-state index in [1.54, 1.807) is 23.1 Å². The van der Waals surface area contributed by atoms with E-state index in [9.17, 15) is 9.18 Å². The Morgan fingerprint density at radius 3 is 2.67 bits per heavy atom. The highest BCUT2D eigenvalue weighted by atomic mass is 19.1. The maximum atomic E-state index is 13.2. The van der Waals surface area contributed by atoms with Gasteiger partial charge in [-0.2, -0.15) is 5.10 Å². The molecule has 0 radical (unpaired) electrons. The number of rotatable bonds is 6. The molecule has 122 valence electrons. The third-order valence-electron chi connectivity index (χ3n) is 3.63. The van der Waals surface area contributed by atoms with Crippen LogP contribution in [0.4, 0.5) is 10.1 Å². The highest BCUT2D eigenvalue weighted by Crippen LogP contribution is 2.10. The quantitative estimate of drug-likeness (QED) is 0.753. The van der Waals surface area contributed by atoms with Crippen LogP contribution in [0.5, 0.6) is 0 Å². The molecule has 1 heterocycles. The minimum atomic E-state index is -0.269. The first-order chi connectivity index (χ1) is 11.7. The van der Waals surface area contributed by atoms with E-state index in [2.05, 4.69) is 10.4 Å². The molecule has 0 bridgehead atoms. The van der Waals surface area contributed by atoms with Crippen LogP contribution in [0.1, 0.15) is 17.5 Å². The first kappa shape index (κ1) is 15.9. The van der Waals surface area contributed by atoms with Crippen molar-refractivity contribution < 1.29 is 9.18 Å². The predicted molar refractivity (Wildman–Crippen MR) is 91.1 cm³/mol. The van der Waals surface area contributed by atoms with Gasteiger partial charge in [-0.25, -0.2) is 4.39 Å². The second-order valence-corrected chi connectivity index (χ2v) is 5.59. The number of nitrogens with one attached hydrogen (secondary N) is 1. The molecule has 0 unspecified atom stereocenters. The Kier molecular flexibility index (Phi) is 5.01. The molecule has 0 saturated carbocycles. The number of benzene rings is 2. The summed E-state index contributed by atoms with van der Waals surface area (Å²) in [6.45, 7) is 0.456. The van der Waals surface area contributed by atoms with Crippen LogP contribution in [-0.4, -0.2) is 15.7 Å². The number of amides is 1. The molecule has 1 amide bonds. The summed E-state index contributed by atoms with van der Waals surface area (Å²) >= 11 is 0. The Morgan fingerprint density at radius 2 is 1.88 bits per heavy atom. The molecule has 5 heteroatoms. The van der Waals surface area contributed by atoms with Crippen molar-refractivity contribution >= 4 is 11.6 Å². The number of anilines is 1. The molecule has 0 fully saturated rings. The Hall–Kier alpha value is -2.95. The lowest BCUT2D eigenvalue weighted by Crippen LogP contribution is -2.11. The SMILES string of the molecule is O=C(CCc1ccccc1)Nc1cnn(Cc2cccc(F)c2)c1. The second kappa shape index (κ2) is 7.55. The van der Waals surface area contributed by atoms with Gasteiger partial charge < -0.3 is 5.32 Å². The van der Waals surface area contributed by atoms with Gasteiger partial charge in [0.05, 0.1) is 18.4 Å². The van der Waals surface area contributed by atoms with E-state index in [4.69, 9.17) is 0 Å². The van der Waals surface area contributed by atoms with Crippen LogP contribution in [0.25, 0.3) is 0 Å². The maximum absolute atomic E-state index is 13.2. The predicted octanol–water partition coefficient (Wildman–Crippen LogP) is 3.64. The van der Waals surface area contributed by atoms with Gasteiger partial charge >= 0.3 is 0 Å². The largest absolute Gasteiger partial charge is 0.323 e. The van der Waals surface area contributed by atoms with Crippen LogP contribution < -0.4 is 5.32 Å². The van der Waals surface area contributed by atoms with Crippen molar-refractivity contribution in [1.29, 1.82) is 0 Å². The molecule has 0 aliphatic rings. The molecule has 2 aromatic carbocycles. The van der Waals surface area contributed by atoms with Crippen LogP contribution in [0.15, 0.2) is 67.0 Å². The summed E-state index contributed by atoms with van der Waals surface area (Å²) in [5.74, 6) is -0.321. The van der Waals surface area contributed by atoms with Crippen molar-refractivity contribution in [2.45, 2.75) is 19.4 Å². The molecule has 3 aromatic rings. The van der Waals surface area contributed by atoms with E-state index >= 15 is 0 Å². The fourth-order valence-corrected chi connectivity index (χ4v) is 2.46. The number of carbonyl (C=O) groups excluding carboxylic acids is 1. The fraction of sp³-hybridized carbons (Fsp3) is 0.158. The van der Waals surface area contributed by atoms with Gasteiger partial charge in [0.2, 0.25) is 5.91 Å². The number of hydrogen-bond acceptors (Lipinski definition) is 2. The minimum absolute atomic E-state index is 0.0517. The average Bonchev–Trinajstić information content (AvgIpc) is 3.01. The Balaban J connectivity index is 1.53. The Morgan fingerprint density at radius 1 is 1.08 bits per heavy atom. The van der Waals surface area contributed by atoms with E-state index in [1.165, 1.54) is 12.1 Å². The van der Waals surface area contributed by atoms with Crippen molar-refractivity contribution in [3.05, 3.63) is 83.9 Å². The highest BCUT2D eigenvalue weighted by molar-refractivity contribution is 5.90. The zero-order valence-corrected chi connectivity index (χ0v) is 13.2. The third-order valence-corrected chi connectivity index (χ3v) is 3.63. The Bertz CT molecular complexity index is 814. The van der Waals surface area contributed by atoms with Crippen molar-refractivity contribution in [2.75, 3.05) is 5.32 Å². The topological polar surface area (TPSA) is 46.9 Å². The van der Waals surface area contributed by atoms with Gasteiger partial charge in [0.25, 0.3) is 0 Å². The molecule has 0 aliphatic heterocycles. The van der Waals surface area contributed by atoms with Gasteiger partial charge in [-0.15, -0.1) is 0 Å². The number of nitrogens with zero attached hydrogens (tertiary/aromatic N) is 2. The van der Waals surface area contributed by atoms with E-state index < -0.39 is 0 Å². The van der Waals surface area contributed by atoms with Crippen molar-refractivity contribution in [2.24, 2.45) is 0 Å². The number of carbonyl (C=O) groups is 1. The van der Waals surface area contributed by atoms with Crippen LogP contribution in [-0.2, 0) is 17.8 Å². The normalized spacial score (nSPS) is 10.5. The van der Waals surface area contributed by atoms with Crippen LogP contribution in [0.3, 0.4) is 0 Å². The molecular formula is C19H18FN3O. The van der Waals surface area contributed by atoms with Gasteiger partial charge in [0, 0.05) is 12.6 Å². The van der Waals surface area contributed by atoms with Crippen molar-refractivity contribution in [3.63, 3.8) is 0 Å². The molecular weight excluding hydrogens is 305 g/mol. The zero-order chi connectivity index (χ0) is 16.8. The van der Waals surface area contributed by atoms with Gasteiger partial charge in [-0.1, -0.05) is 42.5 Å². The summed E-state index contributed by atoms with van der Waals surface area (Å²) in [4.78, 5) is 12.0. The van der Waals surface area contributed by atoms with E-state index in [1.807, 2.05) is 36.4 Å². The molecule has 1 aromatic heterocycles. The average molecular weight is 323 g/mol. The van der Waals surface area contributed by atoms with E-state index in [0.717, 1.165) is 11.1 Å². The lowest BCUT2D eigenvalue weighted by Gasteiger charge is -2.03. The summed E-state index contributed by atoms with van der Waals surface area (Å²) in [5, 5.41) is 7.03. The molecule has 4 nitrogen and oxygen atoms in total. The molecule has 3 rings (SSSR count). The van der Waals surface area contributed by atoms with Gasteiger partial charge in [-0.3, -0.25) is 9.48 Å². The summed E-state index contributed by atoms with van der Waals surface area (Å²) in [6.07, 6.45) is 4.45. The van der Waals surface area contributed by atoms with Crippen LogP contribution in [0.2, 0.25) is 0 Å². The van der Waals surface area contributed by atoms with Gasteiger partial charge in [-0.05, 0) is 29.7 Å². The van der Waals surface area contributed by atoms with E-state index in [-0.39, 0.29) is 11.7 Å². The summed E-state index contributed by atoms with van der Waals surface area (Å²) in [7, 11) is 0. The standard InChI is InChI=1S/C19H18FN3O/c20-17-8-4-7-16(11-17)13-23-14-18(12-21-23)22-19(24)10-9-15-5-2-1-3-6-15/h1-8,11-12,14H,9-10,13H2,(H,22,24). The lowest BCUT2D eigenvalue weighted by atomic mass is 10.1. The summed E-state index contributed by atoms with van der Waals surface area (Å²) < 4.78 is 14.9. The van der Waals surface area contributed by atoms with Crippen molar-refractivity contribution in [1.82, 2.24) is 9.78 Å². The van der Waals surface area contributed by atoms with Gasteiger partial charge in [0.1, 0.15) is 5.82 Å². The van der Waals surface area contributed by atoms with Gasteiger partial charge in [0.15, 0.2) is 0 Å². The molecule has 24 heavy (non-hydrogen) atoms. The lowest BCUT2D eigenvalue weighted by molar-refractivity contribution is -0.116. The number of aryl methyl sites for hydroxylation is 1. The van der Waals surface area contributed by atoms with Crippen LogP contribution in [0, 0.1) is 5.82 Å². The second-order valence-electron chi connectivity index (χ2n) is 5.59. The molecule has 1 N–H and O–H groups in total. The first-order valence-electron chi connectivity index (χ1n) is 7.80. The first-order valence-corrected chi connectivity index (χ1v) is 7.80. The smallest absolute Gasteiger partial charge is 0.224 e. The fourth-order valence-electron chi connectivity index (χ4n) is 2.46. The summed E-state index contributed by atoms with van der Waals surface area (Å²) in [5.41, 5.74) is 2.60. The number of hydrogen-bond donors (Lipinski definition) is 1. The molecule has 0 aliphatic carbocycles. The number of aromatic nitrogens is 2. The minimum Gasteiger partial charge on any atom is -0.323 e. The monoisotopic (exact) mass is 323 g/mol. The van der Waals surface area contributed by atoms with E-state index in [0.29, 0.717) is 25.1 Å². The maximum Gasteiger partial charge on any atom is 0.224 e. The number of halogens is 1. The van der Waals surface area contributed by atoms with Crippen molar-refractivity contribution in [3.8, 4) is 0 Å². The Labute approximate surface area is 139 Å². The zero-order valence-electron chi connectivity index (χ0n) is 13.2. The third kappa shape index (κ3) is 4.52. The molecule has 0 spiro atoms.